The normalized spacial score (nSPS) is 9.43. The summed E-state index contributed by atoms with van der Waals surface area (Å²) in [5.74, 6) is 0.170. The zero-order valence-corrected chi connectivity index (χ0v) is 8.94. The predicted octanol–water partition coefficient (Wildman–Crippen LogP) is 3.12. The van der Waals surface area contributed by atoms with Crippen LogP contribution >= 0.6 is 23.7 Å². The van der Waals surface area contributed by atoms with Gasteiger partial charge >= 0.3 is 0 Å². The number of thiophene rings is 1. The lowest BCUT2D eigenvalue weighted by Crippen LogP contribution is -1.75. The van der Waals surface area contributed by atoms with Gasteiger partial charge in [0.05, 0.1) is 0 Å². The third-order valence-electron chi connectivity index (χ3n) is 1.80. The molecule has 2 aromatic rings. The SMILES string of the molecule is Cl.Nc1sc(-c2ccccc2)cc1O. The molecule has 74 valence electrons. The van der Waals surface area contributed by atoms with E-state index < -0.39 is 0 Å². The van der Waals surface area contributed by atoms with Gasteiger partial charge in [-0.15, -0.1) is 23.7 Å². The highest BCUT2D eigenvalue weighted by atomic mass is 35.5. The molecule has 0 saturated heterocycles. The fraction of sp³-hybridized carbons (Fsp3) is 0. The summed E-state index contributed by atoms with van der Waals surface area (Å²) in [5, 5.41) is 9.76. The molecule has 0 aliphatic rings. The molecule has 0 spiro atoms. The summed E-state index contributed by atoms with van der Waals surface area (Å²) < 4.78 is 0. The monoisotopic (exact) mass is 227 g/mol. The molecule has 0 aliphatic carbocycles. The second kappa shape index (κ2) is 4.35. The Morgan fingerprint density at radius 3 is 2.29 bits per heavy atom. The van der Waals surface area contributed by atoms with Gasteiger partial charge in [-0.05, 0) is 5.56 Å². The van der Waals surface area contributed by atoms with Gasteiger partial charge in [0.2, 0.25) is 0 Å². The van der Waals surface area contributed by atoms with Crippen LogP contribution < -0.4 is 5.73 Å². The van der Waals surface area contributed by atoms with Crippen LogP contribution in [-0.2, 0) is 0 Å². The van der Waals surface area contributed by atoms with E-state index in [0.29, 0.717) is 5.00 Å². The Morgan fingerprint density at radius 2 is 1.79 bits per heavy atom. The molecular formula is C10H10ClNOS. The van der Waals surface area contributed by atoms with Crippen molar-refractivity contribution >= 4 is 28.7 Å². The van der Waals surface area contributed by atoms with Crippen LogP contribution in [0.2, 0.25) is 0 Å². The first kappa shape index (κ1) is 10.9. The molecule has 3 N–H and O–H groups in total. The van der Waals surface area contributed by atoms with Crippen LogP contribution in [-0.4, -0.2) is 5.11 Å². The number of hydrogen-bond donors (Lipinski definition) is 2. The van der Waals surface area contributed by atoms with E-state index in [9.17, 15) is 5.11 Å². The fourth-order valence-electron chi connectivity index (χ4n) is 1.14. The van der Waals surface area contributed by atoms with Crippen molar-refractivity contribution in [3.05, 3.63) is 36.4 Å². The Morgan fingerprint density at radius 1 is 1.14 bits per heavy atom. The van der Waals surface area contributed by atoms with Crippen molar-refractivity contribution in [1.29, 1.82) is 0 Å². The highest BCUT2D eigenvalue weighted by molar-refractivity contribution is 7.19. The number of aromatic hydroxyl groups is 1. The maximum absolute atomic E-state index is 9.29. The zero-order valence-electron chi connectivity index (χ0n) is 7.31. The van der Waals surface area contributed by atoms with Crippen molar-refractivity contribution in [3.8, 4) is 16.2 Å². The molecule has 2 nitrogen and oxygen atoms in total. The Bertz CT molecular complexity index is 394. The quantitative estimate of drug-likeness (QED) is 0.786. The van der Waals surface area contributed by atoms with Gasteiger partial charge in [0, 0.05) is 10.9 Å². The number of nitrogens with two attached hydrogens (primary N) is 1. The highest BCUT2D eigenvalue weighted by Crippen LogP contribution is 2.37. The number of nitrogen functional groups attached to an aromatic ring is 1. The van der Waals surface area contributed by atoms with Crippen molar-refractivity contribution in [3.63, 3.8) is 0 Å². The molecule has 0 atom stereocenters. The molecule has 14 heavy (non-hydrogen) atoms. The third kappa shape index (κ3) is 2.00. The molecule has 1 aromatic carbocycles. The van der Waals surface area contributed by atoms with Crippen LogP contribution in [0, 0.1) is 0 Å². The lowest BCUT2D eigenvalue weighted by molar-refractivity contribution is 0.480. The minimum atomic E-state index is 0. The van der Waals surface area contributed by atoms with Crippen LogP contribution in [0.1, 0.15) is 0 Å². The number of halogens is 1. The number of hydrogen-bond acceptors (Lipinski definition) is 3. The highest BCUT2D eigenvalue weighted by Gasteiger charge is 2.05. The van der Waals surface area contributed by atoms with Crippen LogP contribution in [0.3, 0.4) is 0 Å². The minimum Gasteiger partial charge on any atom is -0.505 e. The molecule has 0 unspecified atom stereocenters. The van der Waals surface area contributed by atoms with E-state index in [0.717, 1.165) is 10.4 Å². The van der Waals surface area contributed by atoms with Crippen LogP contribution in [0.25, 0.3) is 10.4 Å². The zero-order chi connectivity index (χ0) is 9.26. The first-order chi connectivity index (χ1) is 6.27. The molecule has 2 rings (SSSR count). The molecule has 0 radical (unpaired) electrons. The van der Waals surface area contributed by atoms with E-state index in [1.54, 1.807) is 6.07 Å². The van der Waals surface area contributed by atoms with Crippen molar-refractivity contribution < 1.29 is 5.11 Å². The van der Waals surface area contributed by atoms with E-state index >= 15 is 0 Å². The number of benzene rings is 1. The Balaban J connectivity index is 0.000000980. The second-order valence-electron chi connectivity index (χ2n) is 2.73. The van der Waals surface area contributed by atoms with Crippen LogP contribution in [0.15, 0.2) is 36.4 Å². The van der Waals surface area contributed by atoms with Crippen molar-refractivity contribution in [1.82, 2.24) is 0 Å². The molecule has 1 aromatic heterocycles. The maximum atomic E-state index is 9.29. The lowest BCUT2D eigenvalue weighted by Gasteiger charge is -1.93. The number of anilines is 1. The van der Waals surface area contributed by atoms with Gasteiger partial charge in [-0.25, -0.2) is 0 Å². The van der Waals surface area contributed by atoms with Gasteiger partial charge in [-0.1, -0.05) is 30.3 Å². The average molecular weight is 228 g/mol. The molecule has 1 heterocycles. The molecule has 0 fully saturated rings. The van der Waals surface area contributed by atoms with Gasteiger partial charge in [0.1, 0.15) is 10.8 Å². The topological polar surface area (TPSA) is 46.2 Å². The summed E-state index contributed by atoms with van der Waals surface area (Å²) >= 11 is 1.40. The number of rotatable bonds is 1. The first-order valence-corrected chi connectivity index (χ1v) is 4.73. The molecule has 0 saturated carbocycles. The van der Waals surface area contributed by atoms with E-state index in [1.807, 2.05) is 30.3 Å². The van der Waals surface area contributed by atoms with Crippen molar-refractivity contribution in [2.24, 2.45) is 0 Å². The predicted molar refractivity (Wildman–Crippen MR) is 63.1 cm³/mol. The summed E-state index contributed by atoms with van der Waals surface area (Å²) in [6.45, 7) is 0. The van der Waals surface area contributed by atoms with E-state index in [1.165, 1.54) is 11.3 Å². The van der Waals surface area contributed by atoms with Gasteiger partial charge in [-0.3, -0.25) is 0 Å². The molecule has 0 aliphatic heterocycles. The Hall–Kier alpha value is -1.19. The molecule has 0 bridgehead atoms. The fourth-order valence-corrected chi connectivity index (χ4v) is 1.97. The Labute approximate surface area is 92.4 Å². The molecular weight excluding hydrogens is 218 g/mol. The van der Waals surface area contributed by atoms with E-state index in [-0.39, 0.29) is 18.2 Å². The van der Waals surface area contributed by atoms with Gasteiger partial charge in [0.15, 0.2) is 0 Å². The molecule has 4 heteroatoms. The first-order valence-electron chi connectivity index (χ1n) is 3.91. The smallest absolute Gasteiger partial charge is 0.150 e. The molecule has 0 amide bonds. The average Bonchev–Trinajstić information content (AvgIpc) is 2.49. The van der Waals surface area contributed by atoms with Crippen LogP contribution in [0.4, 0.5) is 5.00 Å². The summed E-state index contributed by atoms with van der Waals surface area (Å²) in [5.41, 5.74) is 6.63. The second-order valence-corrected chi connectivity index (χ2v) is 3.81. The van der Waals surface area contributed by atoms with Crippen molar-refractivity contribution in [2.45, 2.75) is 0 Å². The van der Waals surface area contributed by atoms with Gasteiger partial charge in [-0.2, -0.15) is 0 Å². The third-order valence-corrected chi connectivity index (χ3v) is 2.80. The van der Waals surface area contributed by atoms with Crippen molar-refractivity contribution in [2.75, 3.05) is 5.73 Å². The Kier molecular flexibility index (Phi) is 3.38. The van der Waals surface area contributed by atoms with E-state index in [4.69, 9.17) is 5.73 Å². The van der Waals surface area contributed by atoms with E-state index in [2.05, 4.69) is 0 Å². The largest absolute Gasteiger partial charge is 0.505 e. The minimum absolute atomic E-state index is 0. The summed E-state index contributed by atoms with van der Waals surface area (Å²) in [6.07, 6.45) is 0. The lowest BCUT2D eigenvalue weighted by atomic mass is 10.2. The van der Waals surface area contributed by atoms with Gasteiger partial charge < -0.3 is 10.8 Å². The van der Waals surface area contributed by atoms with Gasteiger partial charge in [0.25, 0.3) is 0 Å². The summed E-state index contributed by atoms with van der Waals surface area (Å²) in [7, 11) is 0. The summed E-state index contributed by atoms with van der Waals surface area (Å²) in [6, 6.07) is 11.6. The summed E-state index contributed by atoms with van der Waals surface area (Å²) in [4.78, 5) is 0.996. The van der Waals surface area contributed by atoms with Crippen LogP contribution in [0.5, 0.6) is 5.75 Å². The maximum Gasteiger partial charge on any atom is 0.150 e. The standard InChI is InChI=1S/C10H9NOS.ClH/c11-10-8(12)6-9(13-10)7-4-2-1-3-5-7;/h1-6,12H,11H2;1H.